The van der Waals surface area contributed by atoms with E-state index < -0.39 is 0 Å². The van der Waals surface area contributed by atoms with Crippen molar-refractivity contribution in [2.75, 3.05) is 13.1 Å². The summed E-state index contributed by atoms with van der Waals surface area (Å²) in [7, 11) is 0. The van der Waals surface area contributed by atoms with Crippen molar-refractivity contribution in [1.29, 1.82) is 0 Å². The van der Waals surface area contributed by atoms with Crippen LogP contribution in [0.1, 0.15) is 22.6 Å². The molecule has 0 aliphatic carbocycles. The van der Waals surface area contributed by atoms with Crippen molar-refractivity contribution in [2.45, 2.75) is 6.42 Å². The van der Waals surface area contributed by atoms with Crippen LogP contribution in [-0.4, -0.2) is 38.7 Å². The van der Waals surface area contributed by atoms with E-state index in [0.717, 1.165) is 17.0 Å². The van der Waals surface area contributed by atoms with Gasteiger partial charge in [-0.25, -0.2) is 9.67 Å². The van der Waals surface area contributed by atoms with Crippen molar-refractivity contribution in [1.82, 2.24) is 19.7 Å². The van der Waals surface area contributed by atoms with Crippen molar-refractivity contribution < 1.29 is 4.79 Å². The minimum atomic E-state index is -0.133. The third-order valence-corrected chi connectivity index (χ3v) is 6.05. The molecular weight excluding hydrogens is 392 g/mol. The molecule has 30 heavy (non-hydrogen) atoms. The lowest BCUT2D eigenvalue weighted by Gasteiger charge is -2.25. The normalized spacial score (nSPS) is 13.9. The number of benzene rings is 2. The summed E-state index contributed by atoms with van der Waals surface area (Å²) >= 11 is 1.59. The molecule has 5 nitrogen and oxygen atoms in total. The zero-order valence-corrected chi connectivity index (χ0v) is 17.1. The van der Waals surface area contributed by atoms with Gasteiger partial charge in [0.25, 0.3) is 5.91 Å². The molecular formula is C24H20N4OS. The van der Waals surface area contributed by atoms with E-state index in [4.69, 9.17) is 0 Å². The summed E-state index contributed by atoms with van der Waals surface area (Å²) < 4.78 is 1.76. The summed E-state index contributed by atoms with van der Waals surface area (Å²) in [5.41, 5.74) is 3.38. The second-order valence-corrected chi connectivity index (χ2v) is 8.03. The summed E-state index contributed by atoms with van der Waals surface area (Å²) in [5.74, 6) is 0.793. The van der Waals surface area contributed by atoms with E-state index in [1.54, 1.807) is 16.0 Å². The Hall–Kier alpha value is -3.51. The van der Waals surface area contributed by atoms with E-state index in [2.05, 4.69) is 28.3 Å². The molecule has 2 aromatic heterocycles. The molecule has 3 heterocycles. The van der Waals surface area contributed by atoms with Crippen LogP contribution >= 0.6 is 11.3 Å². The molecule has 5 rings (SSSR count). The molecule has 0 unspecified atom stereocenters. The van der Waals surface area contributed by atoms with Crippen LogP contribution in [0.25, 0.3) is 22.0 Å². The van der Waals surface area contributed by atoms with Gasteiger partial charge < -0.3 is 4.90 Å². The Morgan fingerprint density at radius 3 is 2.37 bits per heavy atom. The molecule has 4 aromatic rings. The van der Waals surface area contributed by atoms with Gasteiger partial charge in [-0.2, -0.15) is 0 Å². The first-order valence-electron chi connectivity index (χ1n) is 9.90. The van der Waals surface area contributed by atoms with E-state index in [1.807, 2.05) is 70.9 Å². The van der Waals surface area contributed by atoms with E-state index >= 15 is 0 Å². The van der Waals surface area contributed by atoms with Crippen molar-refractivity contribution in [2.24, 2.45) is 0 Å². The van der Waals surface area contributed by atoms with Gasteiger partial charge in [0, 0.05) is 13.1 Å². The maximum absolute atomic E-state index is 13.2. The number of thiophene rings is 1. The fourth-order valence-corrected chi connectivity index (χ4v) is 4.33. The van der Waals surface area contributed by atoms with Crippen LogP contribution < -0.4 is 0 Å². The highest BCUT2D eigenvalue weighted by Gasteiger charge is 2.25. The van der Waals surface area contributed by atoms with Gasteiger partial charge in [-0.3, -0.25) is 4.79 Å². The summed E-state index contributed by atoms with van der Waals surface area (Å²) in [5, 5.41) is 6.59. The third-order valence-electron chi connectivity index (χ3n) is 5.18. The number of aromatic nitrogens is 3. The molecule has 148 valence electrons. The van der Waals surface area contributed by atoms with Gasteiger partial charge in [-0.05, 0) is 41.1 Å². The van der Waals surface area contributed by atoms with Gasteiger partial charge in [-0.1, -0.05) is 60.7 Å². The molecule has 6 heteroatoms. The SMILES string of the molecule is O=C(c1nc(-c2cccs2)n(-c2ccccc2)n1)N1CC=C(c2ccccc2)CC1. The smallest absolute Gasteiger partial charge is 0.293 e. The lowest BCUT2D eigenvalue weighted by Crippen LogP contribution is -2.35. The first kappa shape index (κ1) is 18.5. The number of nitrogens with zero attached hydrogens (tertiary/aromatic N) is 4. The first-order chi connectivity index (χ1) is 14.8. The lowest BCUT2D eigenvalue weighted by molar-refractivity contribution is 0.0761. The maximum atomic E-state index is 13.2. The fourth-order valence-electron chi connectivity index (χ4n) is 3.63. The lowest BCUT2D eigenvalue weighted by atomic mass is 9.99. The predicted octanol–water partition coefficient (Wildman–Crippen LogP) is 4.93. The number of carbonyl (C=O) groups is 1. The first-order valence-corrected chi connectivity index (χ1v) is 10.8. The quantitative estimate of drug-likeness (QED) is 0.478. The maximum Gasteiger partial charge on any atom is 0.293 e. The molecule has 1 aliphatic rings. The number of hydrogen-bond acceptors (Lipinski definition) is 4. The van der Waals surface area contributed by atoms with Crippen LogP contribution in [0.15, 0.2) is 84.3 Å². The van der Waals surface area contributed by atoms with Gasteiger partial charge in [-0.15, -0.1) is 16.4 Å². The molecule has 0 saturated heterocycles. The van der Waals surface area contributed by atoms with Crippen LogP contribution in [-0.2, 0) is 0 Å². The minimum absolute atomic E-state index is 0.133. The molecule has 1 aliphatic heterocycles. The molecule has 1 amide bonds. The number of amides is 1. The topological polar surface area (TPSA) is 51.0 Å². The second-order valence-electron chi connectivity index (χ2n) is 7.08. The van der Waals surface area contributed by atoms with Crippen LogP contribution in [0, 0.1) is 0 Å². The summed E-state index contributed by atoms with van der Waals surface area (Å²) in [6.45, 7) is 1.23. The van der Waals surface area contributed by atoms with Crippen LogP contribution in [0.4, 0.5) is 0 Å². The standard InChI is InChI=1S/C24H20N4OS/c29-24(27-15-13-19(14-16-27)18-8-3-1-4-9-18)22-25-23(21-12-7-17-30-21)28(26-22)20-10-5-2-6-11-20/h1-13,17H,14-16H2. The Morgan fingerprint density at radius 2 is 1.70 bits per heavy atom. The number of carbonyl (C=O) groups excluding carboxylic acids is 1. The molecule has 0 spiro atoms. The molecule has 0 N–H and O–H groups in total. The summed E-state index contributed by atoms with van der Waals surface area (Å²) in [6.07, 6.45) is 2.96. The zero-order chi connectivity index (χ0) is 20.3. The summed E-state index contributed by atoms with van der Waals surface area (Å²) in [4.78, 5) is 20.6. The molecule has 0 radical (unpaired) electrons. The van der Waals surface area contributed by atoms with Gasteiger partial charge in [0.2, 0.25) is 5.82 Å². The minimum Gasteiger partial charge on any atom is -0.332 e. The van der Waals surface area contributed by atoms with E-state index in [0.29, 0.717) is 18.9 Å². The Labute approximate surface area is 178 Å². The van der Waals surface area contributed by atoms with Crippen molar-refractivity contribution in [3.05, 3.63) is 95.6 Å². The number of rotatable bonds is 4. The highest BCUT2D eigenvalue weighted by molar-refractivity contribution is 7.13. The highest BCUT2D eigenvalue weighted by atomic mass is 32.1. The van der Waals surface area contributed by atoms with E-state index in [9.17, 15) is 4.79 Å². The molecule has 0 saturated carbocycles. The van der Waals surface area contributed by atoms with Crippen LogP contribution in [0.5, 0.6) is 0 Å². The molecule has 0 fully saturated rings. The second kappa shape index (κ2) is 8.08. The van der Waals surface area contributed by atoms with Gasteiger partial charge in [0.05, 0.1) is 10.6 Å². The van der Waals surface area contributed by atoms with Crippen LogP contribution in [0.2, 0.25) is 0 Å². The van der Waals surface area contributed by atoms with Gasteiger partial charge >= 0.3 is 0 Å². The Balaban J connectivity index is 1.43. The Morgan fingerprint density at radius 1 is 0.933 bits per heavy atom. The summed E-state index contributed by atoms with van der Waals surface area (Å²) in [6, 6.07) is 24.1. The van der Waals surface area contributed by atoms with Crippen molar-refractivity contribution >= 4 is 22.8 Å². The number of hydrogen-bond donors (Lipinski definition) is 0. The van der Waals surface area contributed by atoms with Gasteiger partial charge in [0.15, 0.2) is 5.82 Å². The molecule has 0 atom stereocenters. The fraction of sp³-hybridized carbons (Fsp3) is 0.125. The molecule has 0 bridgehead atoms. The predicted molar refractivity (Wildman–Crippen MR) is 120 cm³/mol. The third kappa shape index (κ3) is 3.57. The van der Waals surface area contributed by atoms with E-state index in [-0.39, 0.29) is 11.7 Å². The highest BCUT2D eigenvalue weighted by Crippen LogP contribution is 2.27. The Bertz CT molecular complexity index is 1180. The van der Waals surface area contributed by atoms with Gasteiger partial charge in [0.1, 0.15) is 0 Å². The van der Waals surface area contributed by atoms with E-state index in [1.165, 1.54) is 11.1 Å². The molecule has 2 aromatic carbocycles. The van der Waals surface area contributed by atoms with Crippen LogP contribution in [0.3, 0.4) is 0 Å². The Kier molecular flexibility index (Phi) is 4.99. The van der Waals surface area contributed by atoms with Crippen molar-refractivity contribution in [3.63, 3.8) is 0 Å². The average Bonchev–Trinajstić information content (AvgIpc) is 3.50. The largest absolute Gasteiger partial charge is 0.332 e. The average molecular weight is 413 g/mol. The van der Waals surface area contributed by atoms with Crippen molar-refractivity contribution in [3.8, 4) is 16.4 Å². The zero-order valence-electron chi connectivity index (χ0n) is 16.3. The monoisotopic (exact) mass is 412 g/mol. The number of para-hydroxylation sites is 1.